The van der Waals surface area contributed by atoms with Gasteiger partial charge in [-0.05, 0) is 42.9 Å². The molecule has 1 heterocycles. The smallest absolute Gasteiger partial charge is 0.241 e. The zero-order valence-electron chi connectivity index (χ0n) is 14.0. The molecule has 0 unspecified atom stereocenters. The maximum absolute atomic E-state index is 12.1. The molecule has 1 saturated heterocycles. The average Bonchev–Trinajstić information content (AvgIpc) is 2.49. The number of amides is 2. The van der Waals surface area contributed by atoms with Gasteiger partial charge in [-0.2, -0.15) is 0 Å². The number of carbonyl (C=O) groups is 2. The number of piperidine rings is 1. The topological polar surface area (TPSA) is 75.4 Å². The first-order valence-electron chi connectivity index (χ1n) is 8.39. The lowest BCUT2D eigenvalue weighted by atomic mass is 10.0. The van der Waals surface area contributed by atoms with E-state index in [-0.39, 0.29) is 11.8 Å². The van der Waals surface area contributed by atoms with E-state index in [1.54, 1.807) is 0 Å². The van der Waals surface area contributed by atoms with Gasteiger partial charge in [0.2, 0.25) is 11.8 Å². The molecule has 2 amide bonds. The van der Waals surface area contributed by atoms with E-state index in [9.17, 15) is 9.59 Å². The molecule has 126 valence electrons. The van der Waals surface area contributed by atoms with Gasteiger partial charge in [0.25, 0.3) is 0 Å². The molecule has 0 bridgehead atoms. The van der Waals surface area contributed by atoms with E-state index >= 15 is 0 Å². The fourth-order valence-electron chi connectivity index (χ4n) is 2.85. The van der Waals surface area contributed by atoms with Crippen molar-refractivity contribution in [2.75, 3.05) is 11.9 Å². The highest BCUT2D eigenvalue weighted by Crippen LogP contribution is 2.17. The molecular weight excluding hydrogens is 290 g/mol. The molecule has 1 aliphatic heterocycles. The lowest BCUT2D eigenvalue weighted by Gasteiger charge is -2.27. The van der Waals surface area contributed by atoms with E-state index in [0.29, 0.717) is 25.3 Å². The summed E-state index contributed by atoms with van der Waals surface area (Å²) in [7, 11) is 0. The minimum absolute atomic E-state index is 0.162. The molecule has 1 fully saturated rings. The van der Waals surface area contributed by atoms with Crippen molar-refractivity contribution in [3.05, 3.63) is 29.8 Å². The number of hydrogen-bond acceptors (Lipinski definition) is 3. The Morgan fingerprint density at radius 3 is 2.83 bits per heavy atom. The zero-order chi connectivity index (χ0) is 16.8. The van der Waals surface area contributed by atoms with Crippen molar-refractivity contribution in [1.82, 2.24) is 4.90 Å². The molecule has 5 heteroatoms. The fraction of sp³-hybridized carbons (Fsp3) is 0.556. The van der Waals surface area contributed by atoms with Crippen LogP contribution in [0.4, 0.5) is 5.69 Å². The van der Waals surface area contributed by atoms with Crippen molar-refractivity contribution in [2.24, 2.45) is 11.7 Å². The summed E-state index contributed by atoms with van der Waals surface area (Å²) in [5, 5.41) is 2.87. The van der Waals surface area contributed by atoms with Crippen LogP contribution in [-0.4, -0.2) is 29.3 Å². The molecule has 1 aromatic carbocycles. The van der Waals surface area contributed by atoms with E-state index in [1.807, 2.05) is 43.0 Å². The molecule has 0 aliphatic carbocycles. The maximum Gasteiger partial charge on any atom is 0.241 e. The summed E-state index contributed by atoms with van der Waals surface area (Å²) in [6, 6.07) is 7.14. The molecule has 0 aromatic heterocycles. The molecular formula is C18H27N3O2. The Balaban J connectivity index is 1.96. The minimum atomic E-state index is -0.498. The third kappa shape index (κ3) is 5.36. The second kappa shape index (κ2) is 8.11. The van der Waals surface area contributed by atoms with Crippen LogP contribution in [0.3, 0.4) is 0 Å². The SMILES string of the molecule is CC(C)C[C@H](N)C(=O)Nc1cccc(CN2CCCCC2=O)c1. The van der Waals surface area contributed by atoms with Crippen molar-refractivity contribution in [3.8, 4) is 0 Å². The van der Waals surface area contributed by atoms with Crippen molar-refractivity contribution in [2.45, 2.75) is 52.1 Å². The Labute approximate surface area is 138 Å². The number of benzene rings is 1. The number of nitrogens with two attached hydrogens (primary N) is 1. The van der Waals surface area contributed by atoms with Crippen LogP contribution in [0.1, 0.15) is 45.1 Å². The molecule has 0 saturated carbocycles. The van der Waals surface area contributed by atoms with Crippen LogP contribution in [0.15, 0.2) is 24.3 Å². The van der Waals surface area contributed by atoms with Gasteiger partial charge in [0.1, 0.15) is 0 Å². The van der Waals surface area contributed by atoms with Gasteiger partial charge in [0.05, 0.1) is 6.04 Å². The van der Waals surface area contributed by atoms with Crippen LogP contribution < -0.4 is 11.1 Å². The molecule has 23 heavy (non-hydrogen) atoms. The van der Waals surface area contributed by atoms with Crippen LogP contribution in [0, 0.1) is 5.92 Å². The predicted molar refractivity (Wildman–Crippen MR) is 91.8 cm³/mol. The molecule has 1 atom stereocenters. The fourth-order valence-corrected chi connectivity index (χ4v) is 2.85. The largest absolute Gasteiger partial charge is 0.338 e. The van der Waals surface area contributed by atoms with Gasteiger partial charge in [0.15, 0.2) is 0 Å². The number of nitrogens with zero attached hydrogens (tertiary/aromatic N) is 1. The Kier molecular flexibility index (Phi) is 6.16. The molecule has 5 nitrogen and oxygen atoms in total. The number of likely N-dealkylation sites (tertiary alicyclic amines) is 1. The first-order chi connectivity index (χ1) is 11.0. The first-order valence-corrected chi connectivity index (χ1v) is 8.39. The van der Waals surface area contributed by atoms with E-state index in [4.69, 9.17) is 5.73 Å². The van der Waals surface area contributed by atoms with Gasteiger partial charge in [-0.15, -0.1) is 0 Å². The molecule has 2 rings (SSSR count). The van der Waals surface area contributed by atoms with Crippen LogP contribution in [-0.2, 0) is 16.1 Å². The first kappa shape index (κ1) is 17.5. The third-order valence-electron chi connectivity index (χ3n) is 4.05. The van der Waals surface area contributed by atoms with Gasteiger partial charge in [0, 0.05) is 25.2 Å². The molecule has 1 aliphatic rings. The number of nitrogens with one attached hydrogen (secondary N) is 1. The second-order valence-corrected chi connectivity index (χ2v) is 6.70. The summed E-state index contributed by atoms with van der Waals surface area (Å²) in [6.07, 6.45) is 3.35. The van der Waals surface area contributed by atoms with Crippen molar-refractivity contribution in [3.63, 3.8) is 0 Å². The summed E-state index contributed by atoms with van der Waals surface area (Å²) in [5.74, 6) is 0.432. The van der Waals surface area contributed by atoms with Crippen molar-refractivity contribution < 1.29 is 9.59 Å². The number of hydrogen-bond donors (Lipinski definition) is 2. The van der Waals surface area contributed by atoms with Crippen LogP contribution in [0.5, 0.6) is 0 Å². The molecule has 3 N–H and O–H groups in total. The van der Waals surface area contributed by atoms with E-state index in [0.717, 1.165) is 30.6 Å². The summed E-state index contributed by atoms with van der Waals surface area (Å²) < 4.78 is 0. The highest BCUT2D eigenvalue weighted by molar-refractivity contribution is 5.94. The van der Waals surface area contributed by atoms with Crippen LogP contribution in [0.25, 0.3) is 0 Å². The normalized spacial score (nSPS) is 16.5. The van der Waals surface area contributed by atoms with E-state index in [1.165, 1.54) is 0 Å². The van der Waals surface area contributed by atoms with Crippen LogP contribution in [0.2, 0.25) is 0 Å². The molecule has 1 aromatic rings. The highest BCUT2D eigenvalue weighted by Gasteiger charge is 2.18. The standard InChI is InChI=1S/C18H27N3O2/c1-13(2)10-16(19)18(23)20-15-7-5-6-14(11-15)12-21-9-4-3-8-17(21)22/h5-7,11,13,16H,3-4,8-10,12,19H2,1-2H3,(H,20,23)/t16-/m0/s1. The number of rotatable bonds is 6. The molecule has 0 spiro atoms. The lowest BCUT2D eigenvalue weighted by molar-refractivity contribution is -0.133. The zero-order valence-corrected chi connectivity index (χ0v) is 14.0. The summed E-state index contributed by atoms with van der Waals surface area (Å²) in [6.45, 7) is 5.50. The van der Waals surface area contributed by atoms with Gasteiger partial charge in [-0.25, -0.2) is 0 Å². The van der Waals surface area contributed by atoms with E-state index < -0.39 is 6.04 Å². The summed E-state index contributed by atoms with van der Waals surface area (Å²) >= 11 is 0. The lowest BCUT2D eigenvalue weighted by Crippen LogP contribution is -2.36. The number of anilines is 1. The third-order valence-corrected chi connectivity index (χ3v) is 4.05. The summed E-state index contributed by atoms with van der Waals surface area (Å²) in [4.78, 5) is 25.9. The summed E-state index contributed by atoms with van der Waals surface area (Å²) in [5.41, 5.74) is 7.66. The maximum atomic E-state index is 12.1. The Hall–Kier alpha value is -1.88. The van der Waals surface area contributed by atoms with E-state index in [2.05, 4.69) is 5.32 Å². The quantitative estimate of drug-likeness (QED) is 0.846. The van der Waals surface area contributed by atoms with Gasteiger partial charge in [-0.1, -0.05) is 26.0 Å². The molecule has 0 radical (unpaired) electrons. The second-order valence-electron chi connectivity index (χ2n) is 6.70. The Morgan fingerprint density at radius 1 is 1.35 bits per heavy atom. The predicted octanol–water partition coefficient (Wildman–Crippen LogP) is 2.51. The minimum Gasteiger partial charge on any atom is -0.338 e. The van der Waals surface area contributed by atoms with Crippen molar-refractivity contribution in [1.29, 1.82) is 0 Å². The number of carbonyl (C=O) groups excluding carboxylic acids is 2. The van der Waals surface area contributed by atoms with Gasteiger partial charge in [-0.3, -0.25) is 9.59 Å². The highest BCUT2D eigenvalue weighted by atomic mass is 16.2. The van der Waals surface area contributed by atoms with Crippen molar-refractivity contribution >= 4 is 17.5 Å². The van der Waals surface area contributed by atoms with Crippen LogP contribution >= 0.6 is 0 Å². The Bertz CT molecular complexity index is 557. The van der Waals surface area contributed by atoms with Gasteiger partial charge >= 0.3 is 0 Å². The monoisotopic (exact) mass is 317 g/mol. The Morgan fingerprint density at radius 2 is 2.13 bits per heavy atom. The van der Waals surface area contributed by atoms with Gasteiger partial charge < -0.3 is 16.0 Å². The average molecular weight is 317 g/mol.